The molecule has 0 amide bonds. The molecule has 5 atom stereocenters. The number of aryl methyl sites for hydroxylation is 1. The zero-order valence-corrected chi connectivity index (χ0v) is 17.6. The van der Waals surface area contributed by atoms with Crippen LogP contribution in [0.4, 0.5) is 0 Å². The van der Waals surface area contributed by atoms with E-state index in [0.29, 0.717) is 11.8 Å². The molecule has 1 aromatic carbocycles. The van der Waals surface area contributed by atoms with Crippen LogP contribution in [0.3, 0.4) is 0 Å². The third kappa shape index (κ3) is 3.31. The van der Waals surface area contributed by atoms with Crippen molar-refractivity contribution in [2.75, 3.05) is 27.2 Å². The third-order valence-corrected chi connectivity index (χ3v) is 8.28. The highest BCUT2D eigenvalue weighted by atomic mass is 16.5. The van der Waals surface area contributed by atoms with E-state index in [9.17, 15) is 5.11 Å². The van der Waals surface area contributed by atoms with Crippen LogP contribution in [-0.4, -0.2) is 42.9 Å². The Hall–Kier alpha value is -1.06. The summed E-state index contributed by atoms with van der Waals surface area (Å²) in [6.45, 7) is 6.31. The topological polar surface area (TPSA) is 32.7 Å². The first-order valence-electron chi connectivity index (χ1n) is 10.9. The van der Waals surface area contributed by atoms with Crippen LogP contribution in [0.15, 0.2) is 18.2 Å². The molecule has 2 fully saturated rings. The van der Waals surface area contributed by atoms with E-state index >= 15 is 0 Å². The summed E-state index contributed by atoms with van der Waals surface area (Å²) in [7, 11) is 4.21. The molecule has 1 N–H and O–H groups in total. The number of benzene rings is 1. The normalized spacial score (nSPS) is 37.6. The Kier molecular flexibility index (Phi) is 5.05. The fourth-order valence-corrected chi connectivity index (χ4v) is 6.46. The van der Waals surface area contributed by atoms with Crippen LogP contribution in [0, 0.1) is 17.3 Å². The van der Waals surface area contributed by atoms with Crippen LogP contribution < -0.4 is 4.74 Å². The number of hydrogen-bond donors (Lipinski definition) is 1. The van der Waals surface area contributed by atoms with Crippen molar-refractivity contribution in [3.05, 3.63) is 29.3 Å². The molecular weight excluding hydrogens is 334 g/mol. The zero-order chi connectivity index (χ0) is 19.2. The molecule has 1 unspecified atom stereocenters. The second-order valence-electron chi connectivity index (χ2n) is 10.1. The molecule has 0 saturated heterocycles. The van der Waals surface area contributed by atoms with Gasteiger partial charge in [-0.2, -0.15) is 0 Å². The molecule has 0 spiro atoms. The molecule has 0 bridgehead atoms. The van der Waals surface area contributed by atoms with Gasteiger partial charge in [0.25, 0.3) is 0 Å². The van der Waals surface area contributed by atoms with E-state index in [1.165, 1.54) is 31.2 Å². The average molecular weight is 372 g/mol. The summed E-state index contributed by atoms with van der Waals surface area (Å²) in [5, 5.41) is 11.0. The van der Waals surface area contributed by atoms with Crippen LogP contribution in [0.5, 0.6) is 5.75 Å². The van der Waals surface area contributed by atoms with Crippen molar-refractivity contribution in [1.82, 2.24) is 4.90 Å². The highest BCUT2D eigenvalue weighted by molar-refractivity contribution is 5.41. The monoisotopic (exact) mass is 371 g/mol. The number of hydrogen-bond acceptors (Lipinski definition) is 3. The number of nitrogens with zero attached hydrogens (tertiary/aromatic N) is 1. The fraction of sp³-hybridized carbons (Fsp3) is 0.750. The Morgan fingerprint density at radius 1 is 1.15 bits per heavy atom. The second-order valence-corrected chi connectivity index (χ2v) is 10.1. The third-order valence-electron chi connectivity index (χ3n) is 8.28. The molecule has 0 aromatic heterocycles. The molecule has 3 heteroatoms. The molecule has 3 aliphatic carbocycles. The van der Waals surface area contributed by atoms with Gasteiger partial charge >= 0.3 is 0 Å². The number of ether oxygens (including phenoxy) is 1. The number of aliphatic hydroxyl groups is 1. The Morgan fingerprint density at radius 2 is 1.96 bits per heavy atom. The molecule has 2 saturated carbocycles. The fourth-order valence-electron chi connectivity index (χ4n) is 6.46. The van der Waals surface area contributed by atoms with Gasteiger partial charge in [0, 0.05) is 6.54 Å². The number of fused-ring (bicyclic) bond motifs is 5. The first kappa shape index (κ1) is 19.3. The first-order valence-corrected chi connectivity index (χ1v) is 10.9. The van der Waals surface area contributed by atoms with Crippen LogP contribution in [0.1, 0.15) is 69.4 Å². The highest BCUT2D eigenvalue weighted by Gasteiger charge is 2.59. The summed E-state index contributed by atoms with van der Waals surface area (Å²) >= 11 is 0. The lowest BCUT2D eigenvalue weighted by atomic mass is 9.53. The Labute approximate surface area is 165 Å². The quantitative estimate of drug-likeness (QED) is 0.766. The Bertz CT molecular complexity index is 683. The molecule has 0 heterocycles. The van der Waals surface area contributed by atoms with E-state index < -0.39 is 5.60 Å². The SMILES string of the molecule is CN(C)CCCOc1ccc2c(c1)CC[C@@H]1[C@@H]2CC[C@@]2(C)[C@H]1CCC2(C)O. The molecular formula is C24H37NO2. The summed E-state index contributed by atoms with van der Waals surface area (Å²) in [5.74, 6) is 3.15. The van der Waals surface area contributed by atoms with E-state index in [-0.39, 0.29) is 5.41 Å². The minimum atomic E-state index is -0.479. The standard InChI is InChI=1S/C24H37NO2/c1-23-12-10-20-19-9-7-18(27-15-5-14-25(3)4)16-17(19)6-8-21(20)22(23)11-13-24(23,2)26/h7,9,16,20-22,26H,5-6,8,10-15H2,1-4H3/t20-,21-,22+,23+,24?/m1/s1. The summed E-state index contributed by atoms with van der Waals surface area (Å²) in [6.07, 6.45) is 8.07. The van der Waals surface area contributed by atoms with Gasteiger partial charge in [-0.05, 0) is 112 Å². The molecule has 0 aliphatic heterocycles. The van der Waals surface area contributed by atoms with Crippen molar-refractivity contribution < 1.29 is 9.84 Å². The number of rotatable bonds is 5. The van der Waals surface area contributed by atoms with E-state index in [4.69, 9.17) is 4.74 Å². The summed E-state index contributed by atoms with van der Waals surface area (Å²) in [4.78, 5) is 2.20. The second kappa shape index (κ2) is 7.08. The van der Waals surface area contributed by atoms with Crippen LogP contribution in [0.25, 0.3) is 0 Å². The maximum atomic E-state index is 11.0. The van der Waals surface area contributed by atoms with Crippen molar-refractivity contribution in [2.45, 2.75) is 70.3 Å². The maximum absolute atomic E-state index is 11.0. The predicted molar refractivity (Wildman–Crippen MR) is 110 cm³/mol. The van der Waals surface area contributed by atoms with Gasteiger partial charge in [0.2, 0.25) is 0 Å². The van der Waals surface area contributed by atoms with Crippen molar-refractivity contribution in [1.29, 1.82) is 0 Å². The van der Waals surface area contributed by atoms with Crippen molar-refractivity contribution in [3.8, 4) is 5.75 Å². The molecule has 1 aromatic rings. The zero-order valence-electron chi connectivity index (χ0n) is 17.6. The smallest absolute Gasteiger partial charge is 0.119 e. The lowest BCUT2D eigenvalue weighted by Crippen LogP contribution is -2.49. The van der Waals surface area contributed by atoms with Gasteiger partial charge in [0.05, 0.1) is 12.2 Å². The minimum Gasteiger partial charge on any atom is -0.494 e. The van der Waals surface area contributed by atoms with E-state index in [1.54, 1.807) is 5.56 Å². The van der Waals surface area contributed by atoms with Crippen molar-refractivity contribution in [3.63, 3.8) is 0 Å². The minimum absolute atomic E-state index is 0.112. The Morgan fingerprint density at radius 3 is 2.74 bits per heavy atom. The molecule has 27 heavy (non-hydrogen) atoms. The predicted octanol–water partition coefficient (Wildman–Crippen LogP) is 4.62. The molecule has 150 valence electrons. The summed E-state index contributed by atoms with van der Waals surface area (Å²) in [5.41, 5.74) is 2.71. The molecule has 0 radical (unpaired) electrons. The van der Waals surface area contributed by atoms with Gasteiger partial charge in [-0.1, -0.05) is 13.0 Å². The molecule has 4 rings (SSSR count). The largest absolute Gasteiger partial charge is 0.494 e. The van der Waals surface area contributed by atoms with Crippen molar-refractivity contribution >= 4 is 0 Å². The van der Waals surface area contributed by atoms with Crippen molar-refractivity contribution in [2.24, 2.45) is 17.3 Å². The van der Waals surface area contributed by atoms with Gasteiger partial charge in [-0.15, -0.1) is 0 Å². The van der Waals surface area contributed by atoms with E-state index in [2.05, 4.69) is 51.0 Å². The molecule has 3 nitrogen and oxygen atoms in total. The van der Waals surface area contributed by atoms with Crippen LogP contribution in [0.2, 0.25) is 0 Å². The van der Waals surface area contributed by atoms with E-state index in [1.807, 2.05) is 0 Å². The van der Waals surface area contributed by atoms with Crippen LogP contribution in [-0.2, 0) is 6.42 Å². The maximum Gasteiger partial charge on any atom is 0.119 e. The van der Waals surface area contributed by atoms with Crippen LogP contribution >= 0.6 is 0 Å². The van der Waals surface area contributed by atoms with Gasteiger partial charge in [-0.25, -0.2) is 0 Å². The Balaban J connectivity index is 1.47. The van der Waals surface area contributed by atoms with Gasteiger partial charge < -0.3 is 14.7 Å². The van der Waals surface area contributed by atoms with Gasteiger partial charge in [0.15, 0.2) is 0 Å². The average Bonchev–Trinajstić information content (AvgIpc) is 2.88. The van der Waals surface area contributed by atoms with E-state index in [0.717, 1.165) is 44.1 Å². The first-order chi connectivity index (χ1) is 12.8. The van der Waals surface area contributed by atoms with Gasteiger partial charge in [0.1, 0.15) is 5.75 Å². The lowest BCUT2D eigenvalue weighted by Gasteiger charge is -2.52. The summed E-state index contributed by atoms with van der Waals surface area (Å²) in [6, 6.07) is 6.85. The molecule has 3 aliphatic rings. The highest BCUT2D eigenvalue weighted by Crippen LogP contribution is 2.64. The van der Waals surface area contributed by atoms with Gasteiger partial charge in [-0.3, -0.25) is 0 Å². The lowest BCUT2D eigenvalue weighted by molar-refractivity contribution is -0.0901. The summed E-state index contributed by atoms with van der Waals surface area (Å²) < 4.78 is 6.01.